The topological polar surface area (TPSA) is 60.1 Å². The highest BCUT2D eigenvalue weighted by molar-refractivity contribution is 6.02. The van der Waals surface area contributed by atoms with Crippen LogP contribution in [0.1, 0.15) is 42.2 Å². The van der Waals surface area contributed by atoms with Crippen molar-refractivity contribution in [3.05, 3.63) is 41.1 Å². The summed E-state index contributed by atoms with van der Waals surface area (Å²) in [7, 11) is 1.86. The Labute approximate surface area is 130 Å². The molecular weight excluding hydrogens is 278 g/mol. The largest absolute Gasteiger partial charge is 0.461 e. The van der Waals surface area contributed by atoms with Crippen LogP contribution in [0.25, 0.3) is 6.08 Å². The second kappa shape index (κ2) is 5.48. The summed E-state index contributed by atoms with van der Waals surface area (Å²) in [6.45, 7) is 6.02. The Hall–Kier alpha value is -2.30. The van der Waals surface area contributed by atoms with Crippen LogP contribution in [0, 0.1) is 19.8 Å². The zero-order valence-electron chi connectivity index (χ0n) is 13.4. The van der Waals surface area contributed by atoms with Gasteiger partial charge in [0.25, 0.3) is 0 Å². The number of aromatic nitrogens is 2. The molecule has 116 valence electrons. The summed E-state index contributed by atoms with van der Waals surface area (Å²) >= 11 is 0. The van der Waals surface area contributed by atoms with Crippen molar-refractivity contribution < 1.29 is 9.21 Å². The number of anilines is 1. The second-order valence-corrected chi connectivity index (χ2v) is 6.05. The Balaban J connectivity index is 1.65. The molecule has 22 heavy (non-hydrogen) atoms. The molecule has 2 unspecified atom stereocenters. The van der Waals surface area contributed by atoms with Crippen LogP contribution in [0.5, 0.6) is 0 Å². The lowest BCUT2D eigenvalue weighted by atomic mass is 10.3. The number of nitrogens with zero attached hydrogens (tertiary/aromatic N) is 2. The molecule has 5 nitrogen and oxygen atoms in total. The molecule has 0 spiro atoms. The summed E-state index contributed by atoms with van der Waals surface area (Å²) in [5.74, 6) is 2.81. The first-order valence-corrected chi connectivity index (χ1v) is 7.54. The van der Waals surface area contributed by atoms with Crippen molar-refractivity contribution in [2.75, 3.05) is 5.32 Å². The molecule has 0 saturated heterocycles. The molecule has 1 amide bonds. The van der Waals surface area contributed by atoms with Gasteiger partial charge in [-0.05, 0) is 44.4 Å². The van der Waals surface area contributed by atoms with Crippen LogP contribution in [0.2, 0.25) is 0 Å². The molecular formula is C17H21N3O2. The fraction of sp³-hybridized carbons (Fsp3) is 0.412. The van der Waals surface area contributed by atoms with Crippen LogP contribution in [-0.4, -0.2) is 15.7 Å². The molecule has 1 saturated carbocycles. The zero-order chi connectivity index (χ0) is 15.9. The van der Waals surface area contributed by atoms with Gasteiger partial charge in [0.2, 0.25) is 5.91 Å². The number of hydrogen-bond acceptors (Lipinski definition) is 3. The average Bonchev–Trinajstić information content (AvgIpc) is 2.93. The van der Waals surface area contributed by atoms with Crippen LogP contribution in [0.3, 0.4) is 0 Å². The van der Waals surface area contributed by atoms with E-state index < -0.39 is 0 Å². The van der Waals surface area contributed by atoms with Crippen molar-refractivity contribution in [1.82, 2.24) is 9.78 Å². The fourth-order valence-electron chi connectivity index (χ4n) is 2.65. The monoisotopic (exact) mass is 299 g/mol. The average molecular weight is 299 g/mol. The summed E-state index contributed by atoms with van der Waals surface area (Å²) in [6, 6.07) is 3.91. The van der Waals surface area contributed by atoms with E-state index in [1.54, 1.807) is 10.8 Å². The van der Waals surface area contributed by atoms with E-state index in [1.165, 1.54) is 12.5 Å². The highest BCUT2D eigenvalue weighted by Crippen LogP contribution is 2.47. The second-order valence-electron chi connectivity index (χ2n) is 6.05. The van der Waals surface area contributed by atoms with Crippen LogP contribution >= 0.6 is 0 Å². The van der Waals surface area contributed by atoms with Gasteiger partial charge in [0, 0.05) is 19.0 Å². The van der Waals surface area contributed by atoms with E-state index in [0.717, 1.165) is 22.8 Å². The number of amides is 1. The van der Waals surface area contributed by atoms with Gasteiger partial charge in [-0.2, -0.15) is 5.10 Å². The van der Waals surface area contributed by atoms with Gasteiger partial charge in [-0.1, -0.05) is 6.92 Å². The number of carbonyl (C=O) groups is 1. The van der Waals surface area contributed by atoms with E-state index in [4.69, 9.17) is 4.42 Å². The molecule has 2 aromatic heterocycles. The Morgan fingerprint density at radius 2 is 2.18 bits per heavy atom. The summed E-state index contributed by atoms with van der Waals surface area (Å²) in [6.07, 6.45) is 4.38. The van der Waals surface area contributed by atoms with Crippen LogP contribution < -0.4 is 5.32 Å². The van der Waals surface area contributed by atoms with Crippen molar-refractivity contribution >= 4 is 17.7 Å². The summed E-state index contributed by atoms with van der Waals surface area (Å²) in [5, 5.41) is 7.15. The molecule has 3 rings (SSSR count). The van der Waals surface area contributed by atoms with Gasteiger partial charge in [0.15, 0.2) is 0 Å². The maximum Gasteiger partial charge on any atom is 0.248 e. The Kier molecular flexibility index (Phi) is 3.64. The summed E-state index contributed by atoms with van der Waals surface area (Å²) in [4.78, 5) is 12.0. The zero-order valence-corrected chi connectivity index (χ0v) is 13.4. The predicted molar refractivity (Wildman–Crippen MR) is 85.6 cm³/mol. The van der Waals surface area contributed by atoms with Crippen molar-refractivity contribution in [2.45, 2.75) is 33.1 Å². The van der Waals surface area contributed by atoms with E-state index >= 15 is 0 Å². The third-order valence-corrected chi connectivity index (χ3v) is 4.28. The van der Waals surface area contributed by atoms with E-state index in [9.17, 15) is 4.79 Å². The van der Waals surface area contributed by atoms with Gasteiger partial charge >= 0.3 is 0 Å². The third kappa shape index (κ3) is 2.84. The first kappa shape index (κ1) is 14.6. The summed E-state index contributed by atoms with van der Waals surface area (Å²) < 4.78 is 7.50. The van der Waals surface area contributed by atoms with Crippen LogP contribution in [0.4, 0.5) is 5.69 Å². The highest BCUT2D eigenvalue weighted by atomic mass is 16.3. The molecule has 1 aliphatic rings. The van der Waals surface area contributed by atoms with Crippen LogP contribution in [0.15, 0.2) is 22.6 Å². The van der Waals surface area contributed by atoms with Gasteiger partial charge in [-0.25, -0.2) is 0 Å². The molecule has 1 fully saturated rings. The number of carbonyl (C=O) groups excluding carboxylic acids is 1. The maximum atomic E-state index is 12.0. The lowest BCUT2D eigenvalue weighted by Gasteiger charge is -2.02. The molecule has 0 bridgehead atoms. The maximum absolute atomic E-state index is 12.0. The van der Waals surface area contributed by atoms with Crippen molar-refractivity contribution in [1.29, 1.82) is 0 Å². The molecule has 1 N–H and O–H groups in total. The minimum atomic E-state index is -0.183. The third-order valence-electron chi connectivity index (χ3n) is 4.28. The fourth-order valence-corrected chi connectivity index (χ4v) is 2.65. The smallest absolute Gasteiger partial charge is 0.248 e. The molecule has 1 aliphatic carbocycles. The highest BCUT2D eigenvalue weighted by Gasteiger charge is 2.36. The molecule has 2 heterocycles. The first-order chi connectivity index (χ1) is 10.5. The quantitative estimate of drug-likeness (QED) is 0.880. The Morgan fingerprint density at radius 1 is 1.45 bits per heavy atom. The lowest BCUT2D eigenvalue weighted by molar-refractivity contribution is -0.111. The standard InChI is InChI=1S/C17H21N3O2/c1-10-9-14(10)15-7-5-13(22-15)6-8-16(21)18-17-11(2)19-20(4)12(17)3/h5-8,10,14H,9H2,1-4H3,(H,18,21)/b8-6+. The van der Waals surface area contributed by atoms with Gasteiger partial charge in [-0.15, -0.1) is 0 Å². The summed E-state index contributed by atoms with van der Waals surface area (Å²) in [5.41, 5.74) is 2.51. The number of furan rings is 1. The minimum absolute atomic E-state index is 0.183. The minimum Gasteiger partial charge on any atom is -0.461 e. The normalized spacial score (nSPS) is 20.5. The van der Waals surface area contributed by atoms with Crippen molar-refractivity contribution in [3.8, 4) is 0 Å². The predicted octanol–water partition coefficient (Wildman–Crippen LogP) is 3.41. The molecule has 0 aliphatic heterocycles. The number of nitrogens with one attached hydrogen (secondary N) is 1. The number of aryl methyl sites for hydroxylation is 2. The molecule has 2 aromatic rings. The number of rotatable bonds is 4. The van der Waals surface area contributed by atoms with Gasteiger partial charge in [-0.3, -0.25) is 9.48 Å². The molecule has 0 radical (unpaired) electrons. The molecule has 0 aromatic carbocycles. The van der Waals surface area contributed by atoms with E-state index in [0.29, 0.717) is 17.6 Å². The van der Waals surface area contributed by atoms with Crippen molar-refractivity contribution in [2.24, 2.45) is 13.0 Å². The molecule has 2 atom stereocenters. The van der Waals surface area contributed by atoms with E-state index in [1.807, 2.05) is 33.0 Å². The van der Waals surface area contributed by atoms with Gasteiger partial charge in [0.05, 0.1) is 17.1 Å². The Bertz CT molecular complexity index is 739. The van der Waals surface area contributed by atoms with Gasteiger partial charge in [0.1, 0.15) is 11.5 Å². The number of hydrogen-bond donors (Lipinski definition) is 1. The van der Waals surface area contributed by atoms with Crippen molar-refractivity contribution in [3.63, 3.8) is 0 Å². The first-order valence-electron chi connectivity index (χ1n) is 7.54. The molecule has 5 heteroatoms. The lowest BCUT2D eigenvalue weighted by Crippen LogP contribution is -2.09. The van der Waals surface area contributed by atoms with Gasteiger partial charge < -0.3 is 9.73 Å². The van der Waals surface area contributed by atoms with E-state index in [2.05, 4.69) is 17.3 Å². The van der Waals surface area contributed by atoms with Crippen LogP contribution in [-0.2, 0) is 11.8 Å². The van der Waals surface area contributed by atoms with E-state index in [-0.39, 0.29) is 5.91 Å². The SMILES string of the molecule is Cc1nn(C)c(C)c1NC(=O)/C=C/c1ccc(C2CC2C)o1. The Morgan fingerprint density at radius 3 is 2.77 bits per heavy atom.